The Morgan fingerprint density at radius 2 is 1.46 bits per heavy atom. The van der Waals surface area contributed by atoms with Crippen LogP contribution in [0.2, 0.25) is 0 Å². The first-order valence-corrected chi connectivity index (χ1v) is 11.0. The highest BCUT2D eigenvalue weighted by Gasteiger charge is 2.30. The third-order valence-electron chi connectivity index (χ3n) is 4.83. The number of hydrogen-bond acceptors (Lipinski definition) is 3. The summed E-state index contributed by atoms with van der Waals surface area (Å²) in [5.74, 6) is -0.188. The molecule has 0 saturated carbocycles. The summed E-state index contributed by atoms with van der Waals surface area (Å²) < 4.78 is 28.5. The monoisotopic (exact) mass is 402 g/mol. The van der Waals surface area contributed by atoms with Crippen molar-refractivity contribution in [2.75, 3.05) is 19.6 Å². The Labute approximate surface area is 169 Å². The van der Waals surface area contributed by atoms with Crippen molar-refractivity contribution in [3.8, 4) is 0 Å². The van der Waals surface area contributed by atoms with Crippen LogP contribution >= 0.6 is 0 Å². The number of benzene rings is 2. The van der Waals surface area contributed by atoms with Crippen LogP contribution in [-0.4, -0.2) is 43.2 Å². The zero-order valence-electron chi connectivity index (χ0n) is 17.4. The van der Waals surface area contributed by atoms with E-state index in [-0.39, 0.29) is 19.0 Å². The van der Waals surface area contributed by atoms with E-state index in [0.717, 1.165) is 11.1 Å². The topological polar surface area (TPSA) is 57.7 Å². The molecule has 5 nitrogen and oxygen atoms in total. The second kappa shape index (κ2) is 9.34. The van der Waals surface area contributed by atoms with Gasteiger partial charge in [-0.15, -0.1) is 0 Å². The number of sulfonamides is 1. The number of nitrogens with zero attached hydrogens (tertiary/aromatic N) is 2. The fourth-order valence-corrected chi connectivity index (χ4v) is 5.33. The van der Waals surface area contributed by atoms with Gasteiger partial charge in [0.15, 0.2) is 0 Å². The molecule has 0 aliphatic carbocycles. The molecule has 28 heavy (non-hydrogen) atoms. The van der Waals surface area contributed by atoms with Gasteiger partial charge in [-0.1, -0.05) is 48.0 Å². The first kappa shape index (κ1) is 22.1. The van der Waals surface area contributed by atoms with Gasteiger partial charge in [0.2, 0.25) is 15.9 Å². The third-order valence-corrected chi connectivity index (χ3v) is 6.93. The Bertz CT molecular complexity index is 897. The summed E-state index contributed by atoms with van der Waals surface area (Å²) in [4.78, 5) is 14.7. The molecular weight excluding hydrogens is 372 g/mol. The van der Waals surface area contributed by atoms with Crippen LogP contribution in [0.1, 0.15) is 36.1 Å². The van der Waals surface area contributed by atoms with E-state index in [0.29, 0.717) is 29.1 Å². The van der Waals surface area contributed by atoms with Gasteiger partial charge >= 0.3 is 0 Å². The minimum Gasteiger partial charge on any atom is -0.342 e. The molecule has 0 aliphatic rings. The Kier molecular flexibility index (Phi) is 7.38. The molecule has 0 aromatic heterocycles. The standard InChI is InChI=1S/C22H30N2O3S/c1-6-23(7-2)21(25)16-24(15-20-11-9-8-10-12-20)28(26,27)22-18(4)13-17(3)14-19(22)5/h8-14H,6-7,15-16H2,1-5H3. The summed E-state index contributed by atoms with van der Waals surface area (Å²) in [6.45, 7) is 10.4. The number of carbonyl (C=O) groups excluding carboxylic acids is 1. The smallest absolute Gasteiger partial charge is 0.244 e. The van der Waals surface area contributed by atoms with Gasteiger partial charge in [0.25, 0.3) is 0 Å². The lowest BCUT2D eigenvalue weighted by molar-refractivity contribution is -0.131. The summed E-state index contributed by atoms with van der Waals surface area (Å²) in [7, 11) is -3.84. The normalized spacial score (nSPS) is 11.6. The quantitative estimate of drug-likeness (QED) is 0.677. The van der Waals surface area contributed by atoms with Gasteiger partial charge in [-0.05, 0) is 51.3 Å². The van der Waals surface area contributed by atoms with E-state index in [1.807, 2.05) is 63.2 Å². The molecule has 152 valence electrons. The molecule has 6 heteroatoms. The van der Waals surface area contributed by atoms with Crippen LogP contribution in [0.3, 0.4) is 0 Å². The van der Waals surface area contributed by atoms with Gasteiger partial charge in [0.1, 0.15) is 0 Å². The molecule has 0 fully saturated rings. The van der Waals surface area contributed by atoms with Crippen molar-refractivity contribution in [1.29, 1.82) is 0 Å². The predicted octanol–water partition coefficient (Wildman–Crippen LogP) is 3.67. The van der Waals surface area contributed by atoms with Gasteiger partial charge < -0.3 is 4.90 Å². The van der Waals surface area contributed by atoms with Gasteiger partial charge in [0.05, 0.1) is 11.4 Å². The molecule has 0 saturated heterocycles. The van der Waals surface area contributed by atoms with E-state index in [1.165, 1.54) is 4.31 Å². The minimum absolute atomic E-state index is 0.156. The van der Waals surface area contributed by atoms with Gasteiger partial charge in [-0.3, -0.25) is 4.79 Å². The van der Waals surface area contributed by atoms with Crippen LogP contribution in [0.5, 0.6) is 0 Å². The first-order chi connectivity index (χ1) is 13.2. The van der Waals surface area contributed by atoms with Crippen LogP contribution in [0.25, 0.3) is 0 Å². The van der Waals surface area contributed by atoms with E-state index in [9.17, 15) is 13.2 Å². The van der Waals surface area contributed by atoms with Crippen LogP contribution in [0, 0.1) is 20.8 Å². The zero-order valence-corrected chi connectivity index (χ0v) is 18.2. The molecule has 0 N–H and O–H groups in total. The molecule has 0 radical (unpaired) electrons. The predicted molar refractivity (Wildman–Crippen MR) is 113 cm³/mol. The van der Waals surface area contributed by atoms with Gasteiger partial charge in [-0.2, -0.15) is 4.31 Å². The van der Waals surface area contributed by atoms with Crippen molar-refractivity contribution in [3.63, 3.8) is 0 Å². The molecule has 0 aliphatic heterocycles. The van der Waals surface area contributed by atoms with Crippen molar-refractivity contribution in [1.82, 2.24) is 9.21 Å². The maximum atomic E-state index is 13.6. The largest absolute Gasteiger partial charge is 0.342 e. The van der Waals surface area contributed by atoms with Crippen molar-refractivity contribution in [3.05, 3.63) is 64.7 Å². The lowest BCUT2D eigenvalue weighted by Crippen LogP contribution is -2.42. The number of likely N-dealkylation sites (N-methyl/N-ethyl adjacent to an activating group) is 1. The molecule has 0 bridgehead atoms. The number of rotatable bonds is 8. The summed E-state index contributed by atoms with van der Waals surface area (Å²) in [6.07, 6.45) is 0. The molecular formula is C22H30N2O3S. The zero-order chi connectivity index (χ0) is 20.9. The van der Waals surface area contributed by atoms with E-state index in [4.69, 9.17) is 0 Å². The van der Waals surface area contributed by atoms with Crippen LogP contribution in [0.15, 0.2) is 47.4 Å². The van der Waals surface area contributed by atoms with Gasteiger partial charge in [0, 0.05) is 19.6 Å². The SMILES string of the molecule is CCN(CC)C(=O)CN(Cc1ccccc1)S(=O)(=O)c1c(C)cc(C)cc1C. The molecule has 0 unspecified atom stereocenters. The Hall–Kier alpha value is -2.18. The highest BCUT2D eigenvalue weighted by molar-refractivity contribution is 7.89. The van der Waals surface area contributed by atoms with E-state index in [2.05, 4.69) is 0 Å². The van der Waals surface area contributed by atoms with Crippen LogP contribution < -0.4 is 0 Å². The summed E-state index contributed by atoms with van der Waals surface area (Å²) in [5, 5.41) is 0. The van der Waals surface area contributed by atoms with Crippen molar-refractivity contribution in [2.45, 2.75) is 46.1 Å². The van der Waals surface area contributed by atoms with Crippen molar-refractivity contribution < 1.29 is 13.2 Å². The van der Waals surface area contributed by atoms with E-state index in [1.54, 1.807) is 18.7 Å². The van der Waals surface area contributed by atoms with E-state index >= 15 is 0 Å². The second-order valence-corrected chi connectivity index (χ2v) is 8.93. The third kappa shape index (κ3) is 5.00. The summed E-state index contributed by atoms with van der Waals surface area (Å²) >= 11 is 0. The van der Waals surface area contributed by atoms with E-state index < -0.39 is 10.0 Å². The average molecular weight is 403 g/mol. The molecule has 0 heterocycles. The molecule has 0 atom stereocenters. The number of carbonyl (C=O) groups is 1. The maximum absolute atomic E-state index is 13.6. The maximum Gasteiger partial charge on any atom is 0.244 e. The Balaban J connectivity index is 2.49. The minimum atomic E-state index is -3.84. The number of hydrogen-bond donors (Lipinski definition) is 0. The molecule has 2 rings (SSSR count). The molecule has 2 aromatic carbocycles. The molecule has 0 spiro atoms. The van der Waals surface area contributed by atoms with Crippen molar-refractivity contribution in [2.24, 2.45) is 0 Å². The number of aryl methyl sites for hydroxylation is 3. The lowest BCUT2D eigenvalue weighted by atomic mass is 10.1. The van der Waals surface area contributed by atoms with Crippen LogP contribution in [-0.2, 0) is 21.4 Å². The molecule has 2 aromatic rings. The Morgan fingerprint density at radius 1 is 0.929 bits per heavy atom. The fourth-order valence-electron chi connectivity index (χ4n) is 3.54. The Morgan fingerprint density at radius 3 is 1.96 bits per heavy atom. The highest BCUT2D eigenvalue weighted by Crippen LogP contribution is 2.26. The lowest BCUT2D eigenvalue weighted by Gasteiger charge is -2.27. The fraction of sp³-hybridized carbons (Fsp3) is 0.409. The van der Waals surface area contributed by atoms with Crippen LogP contribution in [0.4, 0.5) is 0 Å². The summed E-state index contributed by atoms with van der Waals surface area (Å²) in [5.41, 5.74) is 3.26. The second-order valence-electron chi connectivity index (χ2n) is 7.05. The average Bonchev–Trinajstić information content (AvgIpc) is 2.62. The first-order valence-electron chi connectivity index (χ1n) is 9.60. The van der Waals surface area contributed by atoms with Crippen molar-refractivity contribution >= 4 is 15.9 Å². The highest BCUT2D eigenvalue weighted by atomic mass is 32.2. The summed E-state index contributed by atoms with van der Waals surface area (Å²) in [6, 6.07) is 13.1. The molecule has 1 amide bonds. The van der Waals surface area contributed by atoms with Gasteiger partial charge in [-0.25, -0.2) is 8.42 Å². The number of amides is 1.